The number of carbonyl (C=O) groups is 1. The average Bonchev–Trinajstić information content (AvgIpc) is 2.42. The first kappa shape index (κ1) is 14.6. The Bertz CT molecular complexity index is 645. The minimum Gasteiger partial charge on any atom is -0.478 e. The molecule has 7 heteroatoms. The van der Waals surface area contributed by atoms with Crippen LogP contribution in [0.15, 0.2) is 42.5 Å². The number of nitrogens with two attached hydrogens (primary N) is 1. The number of halogens is 2. The number of ether oxygens (including phenoxy) is 1. The first-order valence-corrected chi connectivity index (χ1v) is 5.91. The molecule has 21 heavy (non-hydrogen) atoms. The zero-order valence-electron chi connectivity index (χ0n) is 10.7. The van der Waals surface area contributed by atoms with Crippen LogP contribution in [0.4, 0.5) is 25.8 Å². The molecule has 0 spiro atoms. The fraction of sp³-hybridized carbons (Fsp3) is 0.0714. The number of benzene rings is 2. The Morgan fingerprint density at radius 1 is 1.19 bits per heavy atom. The van der Waals surface area contributed by atoms with Gasteiger partial charge in [-0.25, -0.2) is 4.79 Å². The maximum absolute atomic E-state index is 12.0. The number of para-hydroxylation sites is 1. The highest BCUT2D eigenvalue weighted by Gasteiger charge is 2.13. The summed E-state index contributed by atoms with van der Waals surface area (Å²) in [6.07, 6.45) is 0. The van der Waals surface area contributed by atoms with Crippen molar-refractivity contribution in [3.8, 4) is 5.75 Å². The Balaban J connectivity index is 2.24. The van der Waals surface area contributed by atoms with Gasteiger partial charge in [0, 0.05) is 5.69 Å². The van der Waals surface area contributed by atoms with Gasteiger partial charge < -0.3 is 20.9 Å². The lowest BCUT2D eigenvalue weighted by Crippen LogP contribution is -2.06. The van der Waals surface area contributed by atoms with Crippen molar-refractivity contribution in [2.75, 3.05) is 11.1 Å². The molecule has 0 aromatic heterocycles. The van der Waals surface area contributed by atoms with E-state index in [0.717, 1.165) is 0 Å². The number of anilines is 3. The van der Waals surface area contributed by atoms with Crippen molar-refractivity contribution in [3.05, 3.63) is 48.0 Å². The van der Waals surface area contributed by atoms with E-state index in [1.807, 2.05) is 0 Å². The van der Waals surface area contributed by atoms with Crippen molar-refractivity contribution in [3.63, 3.8) is 0 Å². The zero-order chi connectivity index (χ0) is 15.4. The van der Waals surface area contributed by atoms with Gasteiger partial charge in [-0.1, -0.05) is 6.07 Å². The molecule has 0 amide bonds. The van der Waals surface area contributed by atoms with Gasteiger partial charge in [0.05, 0.1) is 16.9 Å². The van der Waals surface area contributed by atoms with Crippen LogP contribution in [0.2, 0.25) is 0 Å². The van der Waals surface area contributed by atoms with Crippen LogP contribution < -0.4 is 15.8 Å². The Morgan fingerprint density at radius 3 is 2.43 bits per heavy atom. The van der Waals surface area contributed by atoms with Gasteiger partial charge in [0.2, 0.25) is 0 Å². The van der Waals surface area contributed by atoms with Crippen LogP contribution in [0.3, 0.4) is 0 Å². The van der Waals surface area contributed by atoms with E-state index in [1.165, 1.54) is 36.4 Å². The van der Waals surface area contributed by atoms with Gasteiger partial charge in [0.1, 0.15) is 5.75 Å². The molecule has 5 nitrogen and oxygen atoms in total. The van der Waals surface area contributed by atoms with E-state index in [1.54, 1.807) is 6.07 Å². The second-order valence-corrected chi connectivity index (χ2v) is 4.10. The number of nitrogen functional groups attached to an aromatic ring is 1. The molecule has 2 aromatic rings. The Kier molecular flexibility index (Phi) is 4.22. The third kappa shape index (κ3) is 3.59. The number of hydrogen-bond acceptors (Lipinski definition) is 4. The number of nitrogens with one attached hydrogen (secondary N) is 1. The molecular formula is C14H12F2N2O3. The number of hydrogen-bond donors (Lipinski definition) is 3. The van der Waals surface area contributed by atoms with Crippen molar-refractivity contribution in [1.82, 2.24) is 0 Å². The highest BCUT2D eigenvalue weighted by atomic mass is 19.3. The molecule has 0 unspecified atom stereocenters. The van der Waals surface area contributed by atoms with Gasteiger partial charge in [0.25, 0.3) is 0 Å². The second kappa shape index (κ2) is 6.08. The van der Waals surface area contributed by atoms with E-state index >= 15 is 0 Å². The van der Waals surface area contributed by atoms with Crippen molar-refractivity contribution < 1.29 is 23.4 Å². The van der Waals surface area contributed by atoms with Gasteiger partial charge in [0.15, 0.2) is 0 Å². The number of alkyl halides is 2. The maximum atomic E-state index is 12.0. The first-order valence-electron chi connectivity index (χ1n) is 5.91. The normalized spacial score (nSPS) is 10.4. The molecule has 0 bridgehead atoms. The van der Waals surface area contributed by atoms with Gasteiger partial charge in [-0.3, -0.25) is 0 Å². The average molecular weight is 294 g/mol. The van der Waals surface area contributed by atoms with Crippen LogP contribution in [-0.4, -0.2) is 17.7 Å². The van der Waals surface area contributed by atoms with Crippen molar-refractivity contribution in [2.45, 2.75) is 6.61 Å². The zero-order valence-corrected chi connectivity index (χ0v) is 10.7. The van der Waals surface area contributed by atoms with E-state index in [9.17, 15) is 13.6 Å². The number of carboxylic acid groups (broad SMARTS) is 1. The van der Waals surface area contributed by atoms with E-state index in [4.69, 9.17) is 10.8 Å². The molecule has 0 saturated carbocycles. The summed E-state index contributed by atoms with van der Waals surface area (Å²) in [4.78, 5) is 11.1. The predicted octanol–water partition coefficient (Wildman–Crippen LogP) is 3.31. The lowest BCUT2D eigenvalue weighted by molar-refractivity contribution is -0.0498. The summed E-state index contributed by atoms with van der Waals surface area (Å²) in [6.45, 7) is -2.90. The second-order valence-electron chi connectivity index (χ2n) is 4.10. The SMILES string of the molecule is Nc1cccc(C(=O)O)c1Nc1ccc(OC(F)F)cc1. The largest absolute Gasteiger partial charge is 0.478 e. The van der Waals surface area contributed by atoms with Gasteiger partial charge in [-0.2, -0.15) is 8.78 Å². The highest BCUT2D eigenvalue weighted by Crippen LogP contribution is 2.28. The predicted molar refractivity (Wildman–Crippen MR) is 74.2 cm³/mol. The lowest BCUT2D eigenvalue weighted by atomic mass is 10.1. The van der Waals surface area contributed by atoms with Crippen LogP contribution in [0.1, 0.15) is 10.4 Å². The summed E-state index contributed by atoms with van der Waals surface area (Å²) in [5.74, 6) is -1.11. The Morgan fingerprint density at radius 2 is 1.86 bits per heavy atom. The molecule has 0 aliphatic rings. The first-order chi connectivity index (χ1) is 9.97. The molecule has 0 heterocycles. The summed E-state index contributed by atoms with van der Waals surface area (Å²) < 4.78 is 28.3. The smallest absolute Gasteiger partial charge is 0.387 e. The standard InChI is InChI=1S/C14H12F2N2O3/c15-14(16)21-9-6-4-8(5-7-9)18-12-10(13(19)20)2-1-3-11(12)17/h1-7,14,18H,17H2,(H,19,20). The third-order valence-corrected chi connectivity index (χ3v) is 2.68. The summed E-state index contributed by atoms with van der Waals surface area (Å²) in [7, 11) is 0. The molecule has 0 radical (unpaired) electrons. The summed E-state index contributed by atoms with van der Waals surface area (Å²) in [6, 6.07) is 10.1. The molecule has 110 valence electrons. The Hall–Kier alpha value is -2.83. The molecule has 0 atom stereocenters. The summed E-state index contributed by atoms with van der Waals surface area (Å²) in [5.41, 5.74) is 6.78. The highest BCUT2D eigenvalue weighted by molar-refractivity contribution is 5.98. The fourth-order valence-corrected chi connectivity index (χ4v) is 1.75. The topological polar surface area (TPSA) is 84.6 Å². The molecule has 2 aromatic carbocycles. The van der Waals surface area contributed by atoms with E-state index in [2.05, 4.69) is 10.1 Å². The number of aromatic carboxylic acids is 1. The van der Waals surface area contributed by atoms with Crippen LogP contribution in [0.25, 0.3) is 0 Å². The number of carboxylic acids is 1. The third-order valence-electron chi connectivity index (χ3n) is 2.68. The Labute approximate surface area is 119 Å². The summed E-state index contributed by atoms with van der Waals surface area (Å²) in [5, 5.41) is 12.0. The fourth-order valence-electron chi connectivity index (χ4n) is 1.75. The number of rotatable bonds is 5. The summed E-state index contributed by atoms with van der Waals surface area (Å²) >= 11 is 0. The molecule has 0 saturated heterocycles. The van der Waals surface area contributed by atoms with E-state index in [-0.39, 0.29) is 22.7 Å². The molecule has 0 fully saturated rings. The molecule has 4 N–H and O–H groups in total. The van der Waals surface area contributed by atoms with Gasteiger partial charge in [-0.05, 0) is 36.4 Å². The van der Waals surface area contributed by atoms with E-state index < -0.39 is 12.6 Å². The minimum atomic E-state index is -2.90. The molecule has 0 aliphatic carbocycles. The van der Waals surface area contributed by atoms with Gasteiger partial charge >= 0.3 is 12.6 Å². The lowest BCUT2D eigenvalue weighted by Gasteiger charge is -2.13. The van der Waals surface area contributed by atoms with Crippen molar-refractivity contribution in [1.29, 1.82) is 0 Å². The monoisotopic (exact) mass is 294 g/mol. The molecule has 2 rings (SSSR count). The quantitative estimate of drug-likeness (QED) is 0.737. The van der Waals surface area contributed by atoms with Gasteiger partial charge in [-0.15, -0.1) is 0 Å². The van der Waals surface area contributed by atoms with Crippen LogP contribution in [0, 0.1) is 0 Å². The minimum absolute atomic E-state index is 0.00930. The van der Waals surface area contributed by atoms with E-state index in [0.29, 0.717) is 5.69 Å². The molecule has 0 aliphatic heterocycles. The van der Waals surface area contributed by atoms with Crippen LogP contribution >= 0.6 is 0 Å². The molecular weight excluding hydrogens is 282 g/mol. The van der Waals surface area contributed by atoms with Crippen LogP contribution in [0.5, 0.6) is 5.75 Å². The van der Waals surface area contributed by atoms with Crippen LogP contribution in [-0.2, 0) is 0 Å². The maximum Gasteiger partial charge on any atom is 0.387 e. The van der Waals surface area contributed by atoms with Crippen molar-refractivity contribution in [2.24, 2.45) is 0 Å². The van der Waals surface area contributed by atoms with Crippen molar-refractivity contribution >= 4 is 23.0 Å².